The molecule has 2 aromatic rings. The fourth-order valence-electron chi connectivity index (χ4n) is 2.97. The van der Waals surface area contributed by atoms with Crippen molar-refractivity contribution >= 4 is 27.3 Å². The first-order valence-corrected chi connectivity index (χ1v) is 8.98. The van der Waals surface area contributed by atoms with E-state index >= 15 is 0 Å². The average molecular weight is 365 g/mol. The van der Waals surface area contributed by atoms with Gasteiger partial charge in [-0.3, -0.25) is 4.90 Å². The highest BCUT2D eigenvalue weighted by atomic mass is 79.9. The van der Waals surface area contributed by atoms with E-state index in [1.807, 2.05) is 11.3 Å². The molecule has 0 saturated carbocycles. The number of thiophene rings is 1. The Labute approximate surface area is 139 Å². The minimum absolute atomic E-state index is 0.162. The van der Waals surface area contributed by atoms with Crippen LogP contribution in [0.2, 0.25) is 0 Å². The number of nitrogens with one attached hydrogen (secondary N) is 1. The van der Waals surface area contributed by atoms with E-state index in [0.717, 1.165) is 19.6 Å². The Kier molecular flexibility index (Phi) is 4.50. The highest BCUT2D eigenvalue weighted by Crippen LogP contribution is 2.32. The monoisotopic (exact) mass is 364 g/mol. The summed E-state index contributed by atoms with van der Waals surface area (Å²) in [6, 6.07) is 13.4. The van der Waals surface area contributed by atoms with E-state index < -0.39 is 0 Å². The Balaban J connectivity index is 1.85. The number of nitrogens with zero attached hydrogens (tertiary/aromatic N) is 1. The second-order valence-corrected chi connectivity index (χ2v) is 8.14. The summed E-state index contributed by atoms with van der Waals surface area (Å²) in [5.74, 6) is 0. The fraction of sp³-hybridized carbons (Fsp3) is 0.412. The third-order valence-corrected chi connectivity index (χ3v) is 5.95. The smallest absolute Gasteiger partial charge is 0.0477 e. The maximum atomic E-state index is 3.68. The van der Waals surface area contributed by atoms with Gasteiger partial charge in [0.2, 0.25) is 0 Å². The normalized spacial score (nSPS) is 22.3. The molecule has 2 nitrogen and oxygen atoms in total. The Morgan fingerprint density at radius 1 is 1.29 bits per heavy atom. The molecule has 112 valence electrons. The summed E-state index contributed by atoms with van der Waals surface area (Å²) in [4.78, 5) is 4.01. The molecular formula is C17H21BrN2S. The molecule has 1 atom stereocenters. The zero-order valence-electron chi connectivity index (χ0n) is 12.5. The van der Waals surface area contributed by atoms with Crippen molar-refractivity contribution in [2.45, 2.75) is 32.0 Å². The summed E-state index contributed by atoms with van der Waals surface area (Å²) in [6.45, 7) is 7.62. The van der Waals surface area contributed by atoms with Gasteiger partial charge < -0.3 is 5.32 Å². The zero-order valence-corrected chi connectivity index (χ0v) is 14.9. The molecule has 1 aliphatic rings. The van der Waals surface area contributed by atoms with Crippen molar-refractivity contribution in [1.29, 1.82) is 0 Å². The number of benzene rings is 1. The van der Waals surface area contributed by atoms with Gasteiger partial charge in [-0.1, -0.05) is 30.3 Å². The van der Waals surface area contributed by atoms with Crippen molar-refractivity contribution < 1.29 is 0 Å². The van der Waals surface area contributed by atoms with Gasteiger partial charge in [0.05, 0.1) is 0 Å². The maximum absolute atomic E-state index is 3.68. The Bertz CT molecular complexity index is 594. The van der Waals surface area contributed by atoms with E-state index in [9.17, 15) is 0 Å². The summed E-state index contributed by atoms with van der Waals surface area (Å²) in [5.41, 5.74) is 1.56. The molecule has 1 unspecified atom stereocenters. The highest BCUT2D eigenvalue weighted by molar-refractivity contribution is 9.10. The summed E-state index contributed by atoms with van der Waals surface area (Å²) in [6.07, 6.45) is 0. The molecule has 21 heavy (non-hydrogen) atoms. The molecule has 0 amide bonds. The third kappa shape index (κ3) is 3.57. The van der Waals surface area contributed by atoms with Crippen LogP contribution in [0.3, 0.4) is 0 Å². The van der Waals surface area contributed by atoms with Crippen molar-refractivity contribution in [3.63, 3.8) is 0 Å². The lowest BCUT2D eigenvalue weighted by Crippen LogP contribution is -2.57. The van der Waals surface area contributed by atoms with E-state index in [-0.39, 0.29) is 5.54 Å². The molecule has 4 heteroatoms. The number of hydrogen-bond acceptors (Lipinski definition) is 3. The lowest BCUT2D eigenvalue weighted by atomic mass is 9.95. The molecule has 0 radical (unpaired) electrons. The molecule has 0 aliphatic carbocycles. The lowest BCUT2D eigenvalue weighted by Gasteiger charge is -2.44. The second kappa shape index (κ2) is 6.21. The van der Waals surface area contributed by atoms with E-state index in [1.54, 1.807) is 0 Å². The molecule has 1 aromatic heterocycles. The highest BCUT2D eigenvalue weighted by Gasteiger charge is 2.33. The van der Waals surface area contributed by atoms with Crippen molar-refractivity contribution in [2.75, 3.05) is 13.1 Å². The molecular weight excluding hydrogens is 344 g/mol. The van der Waals surface area contributed by atoms with Crippen LogP contribution in [0.15, 0.2) is 46.3 Å². The molecule has 1 N–H and O–H groups in total. The van der Waals surface area contributed by atoms with Crippen LogP contribution in [0.5, 0.6) is 0 Å². The number of hydrogen-bond donors (Lipinski definition) is 1. The van der Waals surface area contributed by atoms with Crippen LogP contribution < -0.4 is 5.32 Å². The zero-order chi connectivity index (χ0) is 14.9. The lowest BCUT2D eigenvalue weighted by molar-refractivity contribution is 0.0888. The topological polar surface area (TPSA) is 15.3 Å². The molecule has 1 saturated heterocycles. The quantitative estimate of drug-likeness (QED) is 0.865. The van der Waals surface area contributed by atoms with Crippen LogP contribution in [0, 0.1) is 0 Å². The Hall–Kier alpha value is -0.680. The molecule has 2 heterocycles. The van der Waals surface area contributed by atoms with Gasteiger partial charge in [0.25, 0.3) is 0 Å². The number of halogens is 1. The van der Waals surface area contributed by atoms with Gasteiger partial charge in [-0.2, -0.15) is 0 Å². The third-order valence-electron chi connectivity index (χ3n) is 4.04. The molecule has 0 bridgehead atoms. The average Bonchev–Trinajstić information content (AvgIpc) is 2.85. The van der Waals surface area contributed by atoms with E-state index in [4.69, 9.17) is 0 Å². The second-order valence-electron chi connectivity index (χ2n) is 6.29. The van der Waals surface area contributed by atoms with Gasteiger partial charge in [0.15, 0.2) is 0 Å². The van der Waals surface area contributed by atoms with Crippen molar-refractivity contribution in [2.24, 2.45) is 0 Å². The molecule has 1 aromatic carbocycles. The van der Waals surface area contributed by atoms with Crippen molar-refractivity contribution in [1.82, 2.24) is 10.2 Å². The van der Waals surface area contributed by atoms with Crippen molar-refractivity contribution in [3.8, 4) is 0 Å². The predicted octanol–water partition coefficient (Wildman–Crippen LogP) is 4.44. The summed E-state index contributed by atoms with van der Waals surface area (Å²) in [5, 5.41) is 5.84. The van der Waals surface area contributed by atoms with E-state index in [0.29, 0.717) is 6.04 Å². The van der Waals surface area contributed by atoms with Crippen LogP contribution >= 0.6 is 27.3 Å². The van der Waals surface area contributed by atoms with Crippen molar-refractivity contribution in [3.05, 3.63) is 56.7 Å². The van der Waals surface area contributed by atoms with Gasteiger partial charge in [0.1, 0.15) is 0 Å². The molecule has 3 rings (SSSR count). The van der Waals surface area contributed by atoms with Gasteiger partial charge in [-0.05, 0) is 46.8 Å². The number of rotatable bonds is 3. The van der Waals surface area contributed by atoms with E-state index in [2.05, 4.69) is 81.8 Å². The van der Waals surface area contributed by atoms with Gasteiger partial charge >= 0.3 is 0 Å². The Morgan fingerprint density at radius 2 is 2.05 bits per heavy atom. The maximum Gasteiger partial charge on any atom is 0.0477 e. The molecule has 1 aliphatic heterocycles. The summed E-state index contributed by atoms with van der Waals surface area (Å²) in [7, 11) is 0. The standard InChI is InChI=1S/C17H21BrN2S/c1-17(2)12-20(11-16-14(18)8-9-21-16)15(10-19-17)13-6-4-3-5-7-13/h3-9,15,19H,10-12H2,1-2H3. The first-order valence-electron chi connectivity index (χ1n) is 7.31. The SMILES string of the molecule is CC1(C)CN(Cc2sccc2Br)C(c2ccccc2)CN1. The van der Waals surface area contributed by atoms with Gasteiger partial charge in [-0.25, -0.2) is 0 Å². The fourth-order valence-corrected chi connectivity index (χ4v) is 4.47. The minimum atomic E-state index is 0.162. The molecule has 0 spiro atoms. The first-order chi connectivity index (χ1) is 10.1. The van der Waals surface area contributed by atoms with Gasteiger partial charge in [-0.15, -0.1) is 11.3 Å². The van der Waals surface area contributed by atoms with Crippen LogP contribution in [-0.2, 0) is 6.54 Å². The van der Waals surface area contributed by atoms with Crippen LogP contribution in [0.1, 0.15) is 30.3 Å². The Morgan fingerprint density at radius 3 is 2.71 bits per heavy atom. The predicted molar refractivity (Wildman–Crippen MR) is 93.7 cm³/mol. The summed E-state index contributed by atoms with van der Waals surface area (Å²) >= 11 is 5.50. The summed E-state index contributed by atoms with van der Waals surface area (Å²) < 4.78 is 1.23. The van der Waals surface area contributed by atoms with Crippen LogP contribution in [-0.4, -0.2) is 23.5 Å². The van der Waals surface area contributed by atoms with E-state index in [1.165, 1.54) is 14.9 Å². The first kappa shape index (κ1) is 15.2. The van der Waals surface area contributed by atoms with Crippen LogP contribution in [0.25, 0.3) is 0 Å². The molecule has 1 fully saturated rings. The largest absolute Gasteiger partial charge is 0.309 e. The number of piperazine rings is 1. The minimum Gasteiger partial charge on any atom is -0.309 e. The van der Waals surface area contributed by atoms with Crippen LogP contribution in [0.4, 0.5) is 0 Å². The van der Waals surface area contributed by atoms with Gasteiger partial charge in [0, 0.05) is 40.6 Å².